The van der Waals surface area contributed by atoms with E-state index in [1.165, 1.54) is 17.0 Å². The molecule has 0 aliphatic heterocycles. The van der Waals surface area contributed by atoms with Gasteiger partial charge in [0.1, 0.15) is 4.21 Å². The standard InChI is InChI=1S/C25H24ClN5O4S2/c1-25(2,3)30(24(32)33)14-16-6-4-7-17(12-16)15-31-19-9-5-8-18(13-27)22(19)23(28-31)29-37(34,35)21-11-10-20(26)36-21/h4-12H,14-15H2,1-3H3,(H,28,29)(H,32,33). The molecule has 0 saturated heterocycles. The average molecular weight is 558 g/mol. The van der Waals surface area contributed by atoms with Gasteiger partial charge in [0, 0.05) is 12.1 Å². The van der Waals surface area contributed by atoms with E-state index >= 15 is 0 Å². The third-order valence-electron chi connectivity index (χ3n) is 5.65. The van der Waals surface area contributed by atoms with E-state index < -0.39 is 21.7 Å². The van der Waals surface area contributed by atoms with E-state index in [9.17, 15) is 23.6 Å². The molecule has 12 heteroatoms. The number of hydrogen-bond acceptors (Lipinski definition) is 6. The van der Waals surface area contributed by atoms with Gasteiger partial charge >= 0.3 is 6.09 Å². The highest BCUT2D eigenvalue weighted by Gasteiger charge is 2.26. The molecule has 4 rings (SSSR count). The maximum atomic E-state index is 13.0. The van der Waals surface area contributed by atoms with Gasteiger partial charge in [0.2, 0.25) is 0 Å². The number of rotatable bonds is 7. The molecule has 2 N–H and O–H groups in total. The maximum Gasteiger partial charge on any atom is 0.408 e. The van der Waals surface area contributed by atoms with E-state index in [0.717, 1.165) is 22.5 Å². The SMILES string of the molecule is CC(C)(C)N(Cc1cccc(Cn2nc(NS(=O)(=O)c3ccc(Cl)s3)c3c(C#N)cccc32)c1)C(=O)O. The van der Waals surface area contributed by atoms with Crippen molar-refractivity contribution < 1.29 is 18.3 Å². The van der Waals surface area contributed by atoms with Crippen molar-refractivity contribution in [3.63, 3.8) is 0 Å². The molecule has 1 amide bonds. The van der Waals surface area contributed by atoms with Crippen LogP contribution in [-0.4, -0.2) is 39.8 Å². The van der Waals surface area contributed by atoms with E-state index in [1.807, 2.05) is 45.0 Å². The third-order valence-corrected chi connectivity index (χ3v) is 8.71. The van der Waals surface area contributed by atoms with E-state index in [-0.39, 0.29) is 28.7 Å². The van der Waals surface area contributed by atoms with E-state index in [0.29, 0.717) is 15.2 Å². The van der Waals surface area contributed by atoms with Gasteiger partial charge in [-0.15, -0.1) is 11.3 Å². The Balaban J connectivity index is 1.71. The molecule has 0 aliphatic carbocycles. The summed E-state index contributed by atoms with van der Waals surface area (Å²) in [5, 5.41) is 24.2. The molecule has 0 aliphatic rings. The normalized spacial score (nSPS) is 11.9. The molecule has 9 nitrogen and oxygen atoms in total. The number of hydrogen-bond donors (Lipinski definition) is 2. The van der Waals surface area contributed by atoms with E-state index in [2.05, 4.69) is 15.9 Å². The Hall–Kier alpha value is -3.59. The predicted molar refractivity (Wildman–Crippen MR) is 143 cm³/mol. The highest BCUT2D eigenvalue weighted by atomic mass is 35.5. The number of halogens is 1. The maximum absolute atomic E-state index is 13.0. The molecule has 0 radical (unpaired) electrons. The fourth-order valence-corrected chi connectivity index (χ4v) is 6.40. The lowest BCUT2D eigenvalue weighted by Crippen LogP contribution is -2.44. The van der Waals surface area contributed by atoms with Crippen LogP contribution in [0.2, 0.25) is 4.34 Å². The zero-order valence-electron chi connectivity index (χ0n) is 20.3. The smallest absolute Gasteiger partial charge is 0.408 e. The number of sulfonamides is 1. The summed E-state index contributed by atoms with van der Waals surface area (Å²) >= 11 is 6.84. The van der Waals surface area contributed by atoms with Crippen molar-refractivity contribution in [3.05, 3.63) is 75.6 Å². The van der Waals surface area contributed by atoms with Crippen LogP contribution in [0.1, 0.15) is 37.5 Å². The molecule has 0 fully saturated rings. The Kier molecular flexibility index (Phi) is 7.19. The Morgan fingerprint density at radius 2 is 1.89 bits per heavy atom. The molecular weight excluding hydrogens is 534 g/mol. The molecule has 0 saturated carbocycles. The van der Waals surface area contributed by atoms with Crippen LogP contribution in [-0.2, 0) is 23.1 Å². The zero-order chi connectivity index (χ0) is 27.0. The number of nitrogens with one attached hydrogen (secondary N) is 1. The van der Waals surface area contributed by atoms with Gasteiger partial charge in [0.15, 0.2) is 5.82 Å². The lowest BCUT2D eigenvalue weighted by atomic mass is 10.0. The molecule has 2 aromatic carbocycles. The highest BCUT2D eigenvalue weighted by Crippen LogP contribution is 2.31. The van der Waals surface area contributed by atoms with E-state index in [4.69, 9.17) is 11.6 Å². The minimum atomic E-state index is -3.97. The van der Waals surface area contributed by atoms with Gasteiger partial charge in [-0.2, -0.15) is 10.4 Å². The molecule has 192 valence electrons. The summed E-state index contributed by atoms with van der Waals surface area (Å²) in [6, 6.07) is 17.5. The van der Waals surface area contributed by atoms with Gasteiger partial charge in [-0.3, -0.25) is 14.3 Å². The molecule has 0 bridgehead atoms. The van der Waals surface area contributed by atoms with Gasteiger partial charge in [-0.25, -0.2) is 13.2 Å². The lowest BCUT2D eigenvalue weighted by Gasteiger charge is -2.33. The summed E-state index contributed by atoms with van der Waals surface area (Å²) in [7, 11) is -3.97. The lowest BCUT2D eigenvalue weighted by molar-refractivity contribution is 0.0955. The van der Waals surface area contributed by atoms with Crippen LogP contribution in [0, 0.1) is 11.3 Å². The Labute approximate surface area is 223 Å². The topological polar surface area (TPSA) is 128 Å². The van der Waals surface area contributed by atoms with Crippen molar-refractivity contribution in [1.82, 2.24) is 14.7 Å². The highest BCUT2D eigenvalue weighted by molar-refractivity contribution is 7.94. The van der Waals surface area contributed by atoms with Crippen LogP contribution in [0.5, 0.6) is 0 Å². The Bertz CT molecular complexity index is 1630. The summed E-state index contributed by atoms with van der Waals surface area (Å²) in [5.41, 5.74) is 1.92. The molecule has 0 atom stereocenters. The van der Waals surface area contributed by atoms with Gasteiger partial charge in [0.05, 0.1) is 33.4 Å². The fourth-order valence-electron chi connectivity index (χ4n) is 3.91. The van der Waals surface area contributed by atoms with Crippen LogP contribution < -0.4 is 4.72 Å². The molecule has 2 aromatic heterocycles. The number of aromatic nitrogens is 2. The molecule has 2 heterocycles. The first-order valence-corrected chi connectivity index (χ1v) is 13.8. The number of thiophene rings is 1. The first-order valence-electron chi connectivity index (χ1n) is 11.2. The molecule has 4 aromatic rings. The monoisotopic (exact) mass is 557 g/mol. The van der Waals surface area contributed by atoms with E-state index in [1.54, 1.807) is 22.9 Å². The minimum absolute atomic E-state index is 0.0316. The summed E-state index contributed by atoms with van der Waals surface area (Å²) in [5.74, 6) is 0.0395. The number of carboxylic acid groups (broad SMARTS) is 1. The number of benzene rings is 2. The number of amides is 1. The fraction of sp³-hybridized carbons (Fsp3) is 0.240. The first-order chi connectivity index (χ1) is 17.4. The van der Waals surface area contributed by atoms with Crippen LogP contribution in [0.25, 0.3) is 10.9 Å². The van der Waals surface area contributed by atoms with Crippen LogP contribution in [0.4, 0.5) is 10.6 Å². The van der Waals surface area contributed by atoms with Gasteiger partial charge in [-0.1, -0.05) is 41.9 Å². The van der Waals surface area contributed by atoms with Crippen molar-refractivity contribution in [3.8, 4) is 6.07 Å². The van der Waals surface area contributed by atoms with Gasteiger partial charge in [-0.05, 0) is 56.2 Å². The third kappa shape index (κ3) is 5.72. The number of nitrogens with zero attached hydrogens (tertiary/aromatic N) is 4. The second-order valence-electron chi connectivity index (χ2n) is 9.34. The van der Waals surface area contributed by atoms with Gasteiger partial charge in [0.25, 0.3) is 10.0 Å². The molecule has 37 heavy (non-hydrogen) atoms. The quantitative estimate of drug-likeness (QED) is 0.298. The second kappa shape index (κ2) is 10.0. The second-order valence-corrected chi connectivity index (χ2v) is 13.0. The van der Waals surface area contributed by atoms with Gasteiger partial charge < -0.3 is 5.11 Å². The molecular formula is C25H24ClN5O4S2. The first kappa shape index (κ1) is 26.5. The average Bonchev–Trinajstić information content (AvgIpc) is 3.41. The van der Waals surface area contributed by atoms with Crippen molar-refractivity contribution in [2.45, 2.75) is 43.6 Å². The number of carbonyl (C=O) groups is 1. The van der Waals surface area contributed by atoms with Crippen LogP contribution in [0.3, 0.4) is 0 Å². The van der Waals surface area contributed by atoms with Crippen molar-refractivity contribution >= 4 is 55.8 Å². The molecule has 0 spiro atoms. The van der Waals surface area contributed by atoms with Crippen LogP contribution >= 0.6 is 22.9 Å². The summed E-state index contributed by atoms with van der Waals surface area (Å²) in [4.78, 5) is 13.1. The van der Waals surface area contributed by atoms with Crippen molar-refractivity contribution in [2.75, 3.05) is 4.72 Å². The van der Waals surface area contributed by atoms with Crippen LogP contribution in [0.15, 0.2) is 58.8 Å². The summed E-state index contributed by atoms with van der Waals surface area (Å²) in [6.07, 6.45) is -1.01. The predicted octanol–water partition coefficient (Wildman–Crippen LogP) is 5.75. The minimum Gasteiger partial charge on any atom is -0.465 e. The summed E-state index contributed by atoms with van der Waals surface area (Å²) in [6.45, 7) is 5.98. The van der Waals surface area contributed by atoms with Crippen molar-refractivity contribution in [1.29, 1.82) is 5.26 Å². The Morgan fingerprint density at radius 1 is 1.19 bits per heavy atom. The van der Waals surface area contributed by atoms with Crippen molar-refractivity contribution in [2.24, 2.45) is 0 Å². The number of nitriles is 1. The molecule has 0 unspecified atom stereocenters. The summed E-state index contributed by atoms with van der Waals surface area (Å²) < 4.78 is 30.4. The Morgan fingerprint density at radius 3 is 2.51 bits per heavy atom. The number of fused-ring (bicyclic) bond motifs is 1. The number of anilines is 1. The zero-order valence-corrected chi connectivity index (χ0v) is 22.7. The largest absolute Gasteiger partial charge is 0.465 e.